The van der Waals surface area contributed by atoms with Crippen LogP contribution in [0.25, 0.3) is 0 Å². The van der Waals surface area contributed by atoms with E-state index in [1.54, 1.807) is 7.05 Å². The molecule has 6 heteroatoms. The summed E-state index contributed by atoms with van der Waals surface area (Å²) in [5.41, 5.74) is -0.946. The molecule has 1 aromatic carbocycles. The van der Waals surface area contributed by atoms with Gasteiger partial charge < -0.3 is 15.5 Å². The van der Waals surface area contributed by atoms with Gasteiger partial charge >= 0.3 is 6.18 Å². The molecule has 0 amide bonds. The molecule has 3 N–H and O–H groups in total. The van der Waals surface area contributed by atoms with Crippen LogP contribution in [0.1, 0.15) is 11.1 Å². The molecule has 0 aliphatic rings. The molecule has 0 unspecified atom stereocenters. The molecule has 0 bridgehead atoms. The number of aromatic hydroxyl groups is 2. The number of phenolic OH excluding ortho intramolecular Hbond substituents is 2. The fraction of sp³-hybridized carbons (Fsp3) is 0.400. The van der Waals surface area contributed by atoms with Crippen LogP contribution in [0.3, 0.4) is 0 Å². The lowest BCUT2D eigenvalue weighted by Gasteiger charge is -2.12. The van der Waals surface area contributed by atoms with Crippen molar-refractivity contribution < 1.29 is 23.4 Å². The van der Waals surface area contributed by atoms with Gasteiger partial charge in [0.15, 0.2) is 11.5 Å². The van der Waals surface area contributed by atoms with Gasteiger partial charge in [-0.05, 0) is 31.6 Å². The number of rotatable bonds is 3. The molecule has 0 heterocycles. The van der Waals surface area contributed by atoms with E-state index in [1.807, 2.05) is 0 Å². The summed E-state index contributed by atoms with van der Waals surface area (Å²) in [6.07, 6.45) is -4.32. The van der Waals surface area contributed by atoms with E-state index in [0.29, 0.717) is 13.0 Å². The zero-order valence-corrected chi connectivity index (χ0v) is 8.60. The van der Waals surface area contributed by atoms with Gasteiger partial charge in [0, 0.05) is 0 Å². The molecule has 0 radical (unpaired) electrons. The second kappa shape index (κ2) is 4.61. The summed E-state index contributed by atoms with van der Waals surface area (Å²) in [6.45, 7) is 0.498. The third-order valence-corrected chi connectivity index (χ3v) is 2.18. The zero-order chi connectivity index (χ0) is 12.3. The van der Waals surface area contributed by atoms with Crippen LogP contribution in [0.4, 0.5) is 13.2 Å². The Morgan fingerprint density at radius 3 is 2.31 bits per heavy atom. The predicted molar refractivity (Wildman–Crippen MR) is 52.4 cm³/mol. The van der Waals surface area contributed by atoms with E-state index in [-0.39, 0.29) is 5.56 Å². The van der Waals surface area contributed by atoms with E-state index in [9.17, 15) is 23.4 Å². The SMILES string of the molecule is CNCCc1ccc(C(F)(F)F)c(O)c1O. The summed E-state index contributed by atoms with van der Waals surface area (Å²) in [5.74, 6) is -1.81. The lowest BCUT2D eigenvalue weighted by molar-refractivity contribution is -0.138. The van der Waals surface area contributed by atoms with Gasteiger partial charge in [-0.15, -0.1) is 0 Å². The first-order chi connectivity index (χ1) is 7.38. The van der Waals surface area contributed by atoms with Gasteiger partial charge in [0.1, 0.15) is 5.56 Å². The molecule has 0 aliphatic carbocycles. The van der Waals surface area contributed by atoms with Crippen molar-refractivity contribution in [3.8, 4) is 11.5 Å². The molecule has 0 saturated carbocycles. The minimum absolute atomic E-state index is 0.278. The minimum Gasteiger partial charge on any atom is -0.504 e. The zero-order valence-electron chi connectivity index (χ0n) is 8.60. The van der Waals surface area contributed by atoms with Crippen molar-refractivity contribution in [2.24, 2.45) is 0 Å². The molecule has 3 nitrogen and oxygen atoms in total. The lowest BCUT2D eigenvalue weighted by Crippen LogP contribution is -2.11. The molecule has 16 heavy (non-hydrogen) atoms. The quantitative estimate of drug-likeness (QED) is 0.701. The summed E-state index contributed by atoms with van der Waals surface area (Å²) >= 11 is 0. The third-order valence-electron chi connectivity index (χ3n) is 2.18. The Morgan fingerprint density at radius 2 is 1.81 bits per heavy atom. The number of benzene rings is 1. The monoisotopic (exact) mass is 235 g/mol. The van der Waals surface area contributed by atoms with Crippen LogP contribution in [-0.4, -0.2) is 23.8 Å². The lowest BCUT2D eigenvalue weighted by atomic mass is 10.1. The van der Waals surface area contributed by atoms with Crippen molar-refractivity contribution in [2.75, 3.05) is 13.6 Å². The minimum atomic E-state index is -4.66. The second-order valence-electron chi connectivity index (χ2n) is 3.32. The van der Waals surface area contributed by atoms with E-state index < -0.39 is 23.2 Å². The Balaban J connectivity index is 3.08. The van der Waals surface area contributed by atoms with Crippen molar-refractivity contribution in [3.05, 3.63) is 23.3 Å². The second-order valence-corrected chi connectivity index (χ2v) is 3.32. The summed E-state index contributed by atoms with van der Waals surface area (Å²) in [5, 5.41) is 21.4. The topological polar surface area (TPSA) is 52.5 Å². The molecule has 0 aliphatic heterocycles. The predicted octanol–water partition coefficient (Wildman–Crippen LogP) is 1.88. The number of alkyl halides is 3. The number of likely N-dealkylation sites (N-methyl/N-ethyl adjacent to an activating group) is 1. The Labute approximate surface area is 90.5 Å². The van der Waals surface area contributed by atoms with Gasteiger partial charge in [0.05, 0.1) is 0 Å². The highest BCUT2D eigenvalue weighted by molar-refractivity contribution is 5.51. The van der Waals surface area contributed by atoms with Gasteiger partial charge in [0.25, 0.3) is 0 Å². The summed E-state index contributed by atoms with van der Waals surface area (Å²) in [6, 6.07) is 1.93. The normalized spacial score (nSPS) is 11.8. The maximum Gasteiger partial charge on any atom is 0.420 e. The number of hydrogen-bond donors (Lipinski definition) is 3. The summed E-state index contributed by atoms with van der Waals surface area (Å²) in [4.78, 5) is 0. The fourth-order valence-corrected chi connectivity index (χ4v) is 1.31. The van der Waals surface area contributed by atoms with E-state index in [0.717, 1.165) is 12.1 Å². The molecule has 0 saturated heterocycles. The Hall–Kier alpha value is -1.43. The maximum atomic E-state index is 12.3. The van der Waals surface area contributed by atoms with Crippen LogP contribution in [0.15, 0.2) is 12.1 Å². The first-order valence-corrected chi connectivity index (χ1v) is 4.63. The largest absolute Gasteiger partial charge is 0.504 e. The molecule has 90 valence electrons. The van der Waals surface area contributed by atoms with Crippen LogP contribution in [0.2, 0.25) is 0 Å². The smallest absolute Gasteiger partial charge is 0.420 e. The Kier molecular flexibility index (Phi) is 3.64. The van der Waals surface area contributed by atoms with Gasteiger partial charge in [0.2, 0.25) is 0 Å². The van der Waals surface area contributed by atoms with Gasteiger partial charge in [-0.2, -0.15) is 13.2 Å². The third kappa shape index (κ3) is 2.57. The number of halogens is 3. The fourth-order valence-electron chi connectivity index (χ4n) is 1.31. The van der Waals surface area contributed by atoms with Crippen molar-refractivity contribution in [3.63, 3.8) is 0 Å². The van der Waals surface area contributed by atoms with Crippen molar-refractivity contribution in [1.82, 2.24) is 5.32 Å². The standard InChI is InChI=1S/C10H12F3NO2/c1-14-5-4-6-2-3-7(10(11,12)13)9(16)8(6)15/h2-3,14-16H,4-5H2,1H3. The van der Waals surface area contributed by atoms with Crippen molar-refractivity contribution in [2.45, 2.75) is 12.6 Å². The first-order valence-electron chi connectivity index (χ1n) is 4.63. The molecule has 1 rings (SSSR count). The maximum absolute atomic E-state index is 12.3. The molecule has 0 aromatic heterocycles. The molecular formula is C10H12F3NO2. The van der Waals surface area contributed by atoms with E-state index >= 15 is 0 Å². The summed E-state index contributed by atoms with van der Waals surface area (Å²) in [7, 11) is 1.68. The van der Waals surface area contributed by atoms with Gasteiger partial charge in [-0.3, -0.25) is 0 Å². The van der Waals surface area contributed by atoms with E-state index in [1.165, 1.54) is 0 Å². The first kappa shape index (κ1) is 12.6. The van der Waals surface area contributed by atoms with Crippen LogP contribution >= 0.6 is 0 Å². The van der Waals surface area contributed by atoms with Gasteiger partial charge in [-0.25, -0.2) is 0 Å². The highest BCUT2D eigenvalue weighted by Crippen LogP contribution is 2.41. The number of phenols is 2. The highest BCUT2D eigenvalue weighted by atomic mass is 19.4. The van der Waals surface area contributed by atoms with Crippen LogP contribution < -0.4 is 5.32 Å². The number of hydrogen-bond acceptors (Lipinski definition) is 3. The molecule has 1 aromatic rings. The number of nitrogens with one attached hydrogen (secondary N) is 1. The average molecular weight is 235 g/mol. The molecular weight excluding hydrogens is 223 g/mol. The van der Waals surface area contributed by atoms with Crippen LogP contribution in [-0.2, 0) is 12.6 Å². The van der Waals surface area contributed by atoms with Crippen molar-refractivity contribution in [1.29, 1.82) is 0 Å². The van der Waals surface area contributed by atoms with E-state index in [4.69, 9.17) is 0 Å². The molecule has 0 atom stereocenters. The Bertz CT molecular complexity index is 377. The van der Waals surface area contributed by atoms with E-state index in [2.05, 4.69) is 5.32 Å². The van der Waals surface area contributed by atoms with Crippen LogP contribution in [0, 0.1) is 0 Å². The van der Waals surface area contributed by atoms with Crippen molar-refractivity contribution >= 4 is 0 Å². The molecule has 0 fully saturated rings. The van der Waals surface area contributed by atoms with Crippen LogP contribution in [0.5, 0.6) is 11.5 Å². The highest BCUT2D eigenvalue weighted by Gasteiger charge is 2.35. The molecule has 0 spiro atoms. The average Bonchev–Trinajstić information content (AvgIpc) is 2.18. The van der Waals surface area contributed by atoms with Gasteiger partial charge in [-0.1, -0.05) is 6.07 Å². The summed E-state index contributed by atoms with van der Waals surface area (Å²) < 4.78 is 37.0. The Morgan fingerprint density at radius 1 is 1.19 bits per heavy atom.